The second-order valence-corrected chi connectivity index (χ2v) is 14.4. The van der Waals surface area contributed by atoms with E-state index in [0.717, 1.165) is 6.42 Å². The Hall–Kier alpha value is -3.61. The number of aromatic nitrogens is 2. The number of hydrogen-bond donors (Lipinski definition) is 1. The van der Waals surface area contributed by atoms with Gasteiger partial charge in [-0.2, -0.15) is 8.78 Å². The number of benzene rings is 1. The molecule has 2 bridgehead atoms. The fourth-order valence-electron chi connectivity index (χ4n) is 7.58. The van der Waals surface area contributed by atoms with E-state index in [1.54, 1.807) is 18.2 Å². The first-order valence-corrected chi connectivity index (χ1v) is 16.5. The molecule has 4 aliphatic rings. The average Bonchev–Trinajstić information content (AvgIpc) is 3.54. The molecule has 0 radical (unpaired) electrons. The lowest BCUT2D eigenvalue weighted by Crippen LogP contribution is -2.57. The Bertz CT molecular complexity index is 1550. The second kappa shape index (κ2) is 12.4. The first-order chi connectivity index (χ1) is 22.2. The minimum absolute atomic E-state index is 0.0172. The Labute approximate surface area is 273 Å². The van der Waals surface area contributed by atoms with Crippen molar-refractivity contribution in [3.8, 4) is 11.6 Å². The lowest BCUT2D eigenvalue weighted by molar-refractivity contribution is -0.141. The van der Waals surface area contributed by atoms with Crippen LogP contribution in [0.5, 0.6) is 11.6 Å². The van der Waals surface area contributed by atoms with Gasteiger partial charge in [0.2, 0.25) is 11.8 Å². The van der Waals surface area contributed by atoms with Gasteiger partial charge in [0, 0.05) is 25.0 Å². The quantitative estimate of drug-likeness (QED) is 0.483. The van der Waals surface area contributed by atoms with Gasteiger partial charge in [-0.1, -0.05) is 27.7 Å². The molecular formula is C34H44F2N4O7. The zero-order valence-corrected chi connectivity index (χ0v) is 27.8. The molecule has 2 aromatic rings. The Morgan fingerprint density at radius 1 is 1.13 bits per heavy atom. The highest BCUT2D eigenvalue weighted by Gasteiger charge is 2.56. The van der Waals surface area contributed by atoms with E-state index in [0.29, 0.717) is 30.0 Å². The summed E-state index contributed by atoms with van der Waals surface area (Å²) in [6, 6.07) is 2.83. The predicted octanol–water partition coefficient (Wildman–Crippen LogP) is 5.03. The van der Waals surface area contributed by atoms with Crippen LogP contribution in [0.15, 0.2) is 18.2 Å². The number of hydrogen-bond acceptors (Lipinski definition) is 9. The van der Waals surface area contributed by atoms with Gasteiger partial charge in [-0.15, -0.1) is 0 Å². The van der Waals surface area contributed by atoms with E-state index in [9.17, 15) is 14.4 Å². The van der Waals surface area contributed by atoms with Crippen LogP contribution in [0.3, 0.4) is 0 Å². The number of nitrogens with zero attached hydrogens (tertiary/aromatic N) is 3. The van der Waals surface area contributed by atoms with Crippen molar-refractivity contribution < 1.29 is 42.1 Å². The number of amides is 2. The summed E-state index contributed by atoms with van der Waals surface area (Å²) in [5.41, 5.74) is -0.824. The summed E-state index contributed by atoms with van der Waals surface area (Å²) in [7, 11) is 1.49. The maximum absolute atomic E-state index is 16.1. The van der Waals surface area contributed by atoms with Gasteiger partial charge in [-0.25, -0.2) is 14.8 Å². The van der Waals surface area contributed by atoms with E-state index in [1.165, 1.54) is 18.9 Å². The summed E-state index contributed by atoms with van der Waals surface area (Å²) >= 11 is 0. The second-order valence-electron chi connectivity index (χ2n) is 14.4. The highest BCUT2D eigenvalue weighted by Crippen LogP contribution is 2.54. The summed E-state index contributed by atoms with van der Waals surface area (Å²) in [4.78, 5) is 51.0. The fourth-order valence-corrected chi connectivity index (χ4v) is 7.58. The van der Waals surface area contributed by atoms with Crippen molar-refractivity contribution >= 4 is 28.8 Å². The van der Waals surface area contributed by atoms with E-state index in [-0.39, 0.29) is 42.7 Å². The number of nitrogens with one attached hydrogen (secondary N) is 1. The SMILES string of the molecule is CC[C@H]1C(C(C)=O)N2C[C@@H]1Oc1nc3cc(OC)ccc3nc1C(F)(F)CCCO[C@@H]1C3CC3C[C@H]1OC(=O)N[C@@H](C(C)(C)C)C2=O. The van der Waals surface area contributed by atoms with Crippen molar-refractivity contribution in [1.29, 1.82) is 0 Å². The largest absolute Gasteiger partial charge is 0.497 e. The lowest BCUT2D eigenvalue weighted by atomic mass is 9.85. The highest BCUT2D eigenvalue weighted by atomic mass is 19.3. The summed E-state index contributed by atoms with van der Waals surface area (Å²) in [6.07, 6.45) is -1.18. The van der Waals surface area contributed by atoms with Gasteiger partial charge < -0.3 is 29.2 Å². The molecule has 47 heavy (non-hydrogen) atoms. The Morgan fingerprint density at radius 3 is 2.57 bits per heavy atom. The summed E-state index contributed by atoms with van der Waals surface area (Å²) in [5, 5.41) is 2.79. The molecule has 13 heteroatoms. The number of alkyl halides is 2. The normalized spacial score (nSPS) is 32.6. The van der Waals surface area contributed by atoms with E-state index < -0.39 is 71.8 Å². The van der Waals surface area contributed by atoms with Crippen LogP contribution in [-0.2, 0) is 25.0 Å². The van der Waals surface area contributed by atoms with E-state index in [2.05, 4.69) is 15.3 Å². The molecule has 11 nitrogen and oxygen atoms in total. The molecule has 2 amide bonds. The maximum atomic E-state index is 16.1. The third-order valence-corrected chi connectivity index (χ3v) is 10.1. The molecule has 256 valence electrons. The molecule has 3 heterocycles. The molecule has 1 aromatic carbocycles. The number of Topliss-reactive ketones (excluding diaryl/α,β-unsaturated/α-hetero) is 1. The third kappa shape index (κ3) is 6.47. The van der Waals surface area contributed by atoms with Gasteiger partial charge in [0.05, 0.1) is 36.8 Å². The molecule has 1 N–H and O–H groups in total. The smallest absolute Gasteiger partial charge is 0.408 e. The fraction of sp³-hybridized carbons (Fsp3) is 0.676. The third-order valence-electron chi connectivity index (χ3n) is 10.1. The molecule has 3 fully saturated rings. The van der Waals surface area contributed by atoms with Crippen LogP contribution >= 0.6 is 0 Å². The average molecular weight is 659 g/mol. The summed E-state index contributed by atoms with van der Waals surface area (Å²) in [6.45, 7) is 8.66. The number of carbonyl (C=O) groups excluding carboxylic acids is 3. The molecule has 3 unspecified atom stereocenters. The lowest BCUT2D eigenvalue weighted by Gasteiger charge is -2.35. The van der Waals surface area contributed by atoms with E-state index in [1.807, 2.05) is 27.7 Å². The topological polar surface area (TPSA) is 129 Å². The molecule has 1 aromatic heterocycles. The number of rotatable bonds is 3. The summed E-state index contributed by atoms with van der Waals surface area (Å²) in [5.74, 6) is -4.07. The zero-order valence-electron chi connectivity index (χ0n) is 27.8. The number of alkyl carbamates (subject to hydrolysis) is 1. The van der Waals surface area contributed by atoms with Crippen LogP contribution in [0.2, 0.25) is 0 Å². The van der Waals surface area contributed by atoms with Crippen LogP contribution in [0, 0.1) is 23.2 Å². The summed E-state index contributed by atoms with van der Waals surface area (Å²) < 4.78 is 55.8. The maximum Gasteiger partial charge on any atom is 0.408 e. The Morgan fingerprint density at radius 2 is 1.89 bits per heavy atom. The molecular weight excluding hydrogens is 614 g/mol. The van der Waals surface area contributed by atoms with Crippen LogP contribution in [0.1, 0.15) is 72.4 Å². The molecule has 0 spiro atoms. The van der Waals surface area contributed by atoms with Crippen molar-refractivity contribution in [2.75, 3.05) is 20.3 Å². The molecule has 2 saturated carbocycles. The van der Waals surface area contributed by atoms with E-state index in [4.69, 9.17) is 18.9 Å². The molecule has 6 rings (SSSR count). The molecule has 1 saturated heterocycles. The Kier molecular flexibility index (Phi) is 8.82. The van der Waals surface area contributed by atoms with Crippen molar-refractivity contribution in [2.24, 2.45) is 23.2 Å². The minimum Gasteiger partial charge on any atom is -0.497 e. The van der Waals surface area contributed by atoms with Crippen molar-refractivity contribution in [2.45, 2.75) is 103 Å². The van der Waals surface area contributed by atoms with Crippen LogP contribution in [0.25, 0.3) is 11.0 Å². The molecule has 2 aliphatic heterocycles. The monoisotopic (exact) mass is 658 g/mol. The van der Waals surface area contributed by atoms with Gasteiger partial charge in [0.25, 0.3) is 5.92 Å². The first kappa shape index (κ1) is 33.3. The van der Waals surface area contributed by atoms with Gasteiger partial charge >= 0.3 is 6.09 Å². The van der Waals surface area contributed by atoms with Crippen molar-refractivity contribution in [3.05, 3.63) is 23.9 Å². The predicted molar refractivity (Wildman–Crippen MR) is 166 cm³/mol. The van der Waals surface area contributed by atoms with Crippen LogP contribution in [-0.4, -0.2) is 83.3 Å². The number of methoxy groups -OCH3 is 1. The first-order valence-electron chi connectivity index (χ1n) is 16.5. The molecule has 8 atom stereocenters. The van der Waals surface area contributed by atoms with Gasteiger partial charge in [-0.05, 0) is 62.0 Å². The standard InChI is InChI=1S/C34H44F2N4O7/c1-7-20-25-16-40(26(20)17(2)41)31(42)29(33(3,4)5)39-32(43)47-24-14-18-13-21(18)27(24)45-12-8-11-34(35,36)28-30(46-25)38-23-15-19(44-6)9-10-22(23)37-28/h9-10,15,18,20-21,24-27,29H,7-8,11-14,16H2,1-6H3,(H,39,43)/t18?,20-,21?,24-,25+,26?,27-,29-/m1/s1. The number of fused-ring (bicyclic) bond motifs is 7. The molecule has 2 aliphatic carbocycles. The van der Waals surface area contributed by atoms with Crippen molar-refractivity contribution in [3.63, 3.8) is 0 Å². The van der Waals surface area contributed by atoms with Crippen LogP contribution < -0.4 is 14.8 Å². The number of carbonyl (C=O) groups is 3. The minimum atomic E-state index is -3.44. The van der Waals surface area contributed by atoms with Gasteiger partial charge in [-0.3, -0.25) is 9.59 Å². The number of ketones is 1. The van der Waals surface area contributed by atoms with Crippen molar-refractivity contribution in [1.82, 2.24) is 20.2 Å². The highest BCUT2D eigenvalue weighted by molar-refractivity contribution is 5.92. The Balaban J connectivity index is 1.43. The van der Waals surface area contributed by atoms with Gasteiger partial charge in [0.1, 0.15) is 24.0 Å². The zero-order chi connectivity index (χ0) is 33.8. The van der Waals surface area contributed by atoms with E-state index >= 15 is 8.78 Å². The number of halogens is 2. The van der Waals surface area contributed by atoms with Gasteiger partial charge in [0.15, 0.2) is 11.5 Å². The number of ether oxygens (including phenoxy) is 4. The van der Waals surface area contributed by atoms with Crippen LogP contribution in [0.4, 0.5) is 13.6 Å².